The van der Waals surface area contributed by atoms with Crippen LogP contribution in [0.3, 0.4) is 0 Å². The predicted octanol–water partition coefficient (Wildman–Crippen LogP) is 7.60. The van der Waals surface area contributed by atoms with Crippen molar-refractivity contribution in [3.05, 3.63) is 25.3 Å². The molecule has 0 amide bonds. The molecule has 0 aliphatic heterocycles. The van der Waals surface area contributed by atoms with Gasteiger partial charge in [-0.2, -0.15) is 0 Å². The Kier molecular flexibility index (Phi) is 20.0. The first-order chi connectivity index (χ1) is 11.8. The lowest BCUT2D eigenvalue weighted by molar-refractivity contribution is 0.272. The van der Waals surface area contributed by atoms with E-state index in [0.29, 0.717) is 6.61 Å². The summed E-state index contributed by atoms with van der Waals surface area (Å²) in [6, 6.07) is 0. The van der Waals surface area contributed by atoms with Crippen molar-refractivity contribution in [2.24, 2.45) is 5.92 Å². The third-order valence-corrected chi connectivity index (χ3v) is 5.06. The van der Waals surface area contributed by atoms with Crippen LogP contribution in [0.1, 0.15) is 109 Å². The lowest BCUT2D eigenvalue weighted by Gasteiger charge is -2.16. The highest BCUT2D eigenvalue weighted by atomic mass is 16.2. The molecule has 142 valence electrons. The Morgan fingerprint density at radius 2 is 0.917 bits per heavy atom. The van der Waals surface area contributed by atoms with Crippen LogP contribution in [-0.2, 0) is 0 Å². The van der Waals surface area contributed by atoms with Crippen LogP contribution in [0.2, 0.25) is 0 Å². The Labute approximate surface area is 152 Å². The van der Waals surface area contributed by atoms with E-state index in [1.54, 1.807) is 0 Å². The summed E-state index contributed by atoms with van der Waals surface area (Å²) in [7, 11) is 0. The maximum atomic E-state index is 9.00. The van der Waals surface area contributed by atoms with Gasteiger partial charge in [0.1, 0.15) is 0 Å². The zero-order valence-electron chi connectivity index (χ0n) is 16.3. The van der Waals surface area contributed by atoms with Gasteiger partial charge < -0.3 is 5.11 Å². The van der Waals surface area contributed by atoms with E-state index in [1.807, 2.05) is 12.2 Å². The number of unbranched alkanes of at least 4 members (excludes halogenated alkanes) is 11. The third kappa shape index (κ3) is 17.8. The lowest BCUT2D eigenvalue weighted by Crippen LogP contribution is -2.02. The van der Waals surface area contributed by atoms with Crippen LogP contribution < -0.4 is 0 Å². The Morgan fingerprint density at radius 1 is 0.542 bits per heavy atom. The van der Waals surface area contributed by atoms with Gasteiger partial charge in [-0.25, -0.2) is 0 Å². The van der Waals surface area contributed by atoms with Crippen molar-refractivity contribution < 1.29 is 5.11 Å². The van der Waals surface area contributed by atoms with Gasteiger partial charge in [0, 0.05) is 6.61 Å². The molecule has 0 saturated heterocycles. The van der Waals surface area contributed by atoms with E-state index in [4.69, 9.17) is 5.11 Å². The molecule has 0 fully saturated rings. The molecule has 0 spiro atoms. The first-order valence-corrected chi connectivity index (χ1v) is 10.7. The monoisotopic (exact) mass is 336 g/mol. The zero-order valence-corrected chi connectivity index (χ0v) is 16.3. The number of rotatable bonds is 20. The molecule has 24 heavy (non-hydrogen) atoms. The van der Waals surface area contributed by atoms with Crippen LogP contribution in [-0.4, -0.2) is 11.7 Å². The maximum absolute atomic E-state index is 9.00. The minimum atomic E-state index is 0.360. The van der Waals surface area contributed by atoms with E-state index >= 15 is 0 Å². The highest BCUT2D eigenvalue weighted by Crippen LogP contribution is 2.24. The fraction of sp³-hybridized carbons (Fsp3) is 0.826. The number of aliphatic hydroxyl groups excluding tert-OH is 1. The second kappa shape index (κ2) is 20.5. The molecule has 0 heterocycles. The molecule has 1 heteroatoms. The zero-order chi connectivity index (χ0) is 17.7. The molecule has 1 N–H and O–H groups in total. The van der Waals surface area contributed by atoms with Gasteiger partial charge in [-0.3, -0.25) is 0 Å². The topological polar surface area (TPSA) is 20.2 Å². The largest absolute Gasteiger partial charge is 0.396 e. The van der Waals surface area contributed by atoms with Crippen LogP contribution in [0.4, 0.5) is 0 Å². The SMILES string of the molecule is C=CCCCCCCCC(CCCCO)CCCCCCCC=C. The molecule has 0 aromatic heterocycles. The van der Waals surface area contributed by atoms with Crippen molar-refractivity contribution in [2.75, 3.05) is 6.61 Å². The molecule has 0 bridgehead atoms. The molecule has 0 rings (SSSR count). The van der Waals surface area contributed by atoms with Crippen molar-refractivity contribution in [3.63, 3.8) is 0 Å². The van der Waals surface area contributed by atoms with E-state index in [9.17, 15) is 0 Å². The third-order valence-electron chi connectivity index (χ3n) is 5.06. The molecular formula is C23H44O. The van der Waals surface area contributed by atoms with Crippen molar-refractivity contribution in [3.8, 4) is 0 Å². The van der Waals surface area contributed by atoms with Gasteiger partial charge in [0.25, 0.3) is 0 Å². The number of aliphatic hydroxyl groups is 1. The van der Waals surface area contributed by atoms with Crippen LogP contribution in [0.5, 0.6) is 0 Å². The summed E-state index contributed by atoms with van der Waals surface area (Å²) >= 11 is 0. The maximum Gasteiger partial charge on any atom is 0.0431 e. The van der Waals surface area contributed by atoms with Crippen LogP contribution in [0, 0.1) is 5.92 Å². The summed E-state index contributed by atoms with van der Waals surface area (Å²) < 4.78 is 0. The fourth-order valence-corrected chi connectivity index (χ4v) is 3.48. The molecule has 0 radical (unpaired) electrons. The summed E-state index contributed by atoms with van der Waals surface area (Å²) in [5.41, 5.74) is 0. The van der Waals surface area contributed by atoms with Gasteiger partial charge in [-0.05, 0) is 38.0 Å². The molecular weight excluding hydrogens is 292 g/mol. The van der Waals surface area contributed by atoms with Crippen molar-refractivity contribution >= 4 is 0 Å². The molecule has 0 atom stereocenters. The molecule has 0 aliphatic rings. The Bertz CT molecular complexity index is 237. The average Bonchev–Trinajstić information content (AvgIpc) is 2.59. The molecule has 0 unspecified atom stereocenters. The van der Waals surface area contributed by atoms with E-state index < -0.39 is 0 Å². The van der Waals surface area contributed by atoms with Crippen LogP contribution in [0.25, 0.3) is 0 Å². The van der Waals surface area contributed by atoms with Crippen molar-refractivity contribution in [1.29, 1.82) is 0 Å². The number of allylic oxidation sites excluding steroid dienone is 2. The highest BCUT2D eigenvalue weighted by molar-refractivity contribution is 4.67. The number of hydrogen-bond donors (Lipinski definition) is 1. The van der Waals surface area contributed by atoms with Gasteiger partial charge >= 0.3 is 0 Å². The molecule has 0 aromatic rings. The standard InChI is InChI=1S/C23H44O/c1-3-5-7-9-11-13-15-19-23(21-17-18-22-24)20-16-14-12-10-8-6-4-2/h3-4,23-24H,1-2,5-22H2. The summed E-state index contributed by atoms with van der Waals surface area (Å²) in [4.78, 5) is 0. The Balaban J connectivity index is 3.67. The normalized spacial score (nSPS) is 11.1. The van der Waals surface area contributed by atoms with E-state index in [1.165, 1.54) is 103 Å². The summed E-state index contributed by atoms with van der Waals surface area (Å²) in [5.74, 6) is 0.901. The van der Waals surface area contributed by atoms with Crippen molar-refractivity contribution in [1.82, 2.24) is 0 Å². The highest BCUT2D eigenvalue weighted by Gasteiger charge is 2.08. The second-order valence-corrected chi connectivity index (χ2v) is 7.35. The van der Waals surface area contributed by atoms with Gasteiger partial charge in [0.05, 0.1) is 0 Å². The second-order valence-electron chi connectivity index (χ2n) is 7.35. The summed E-state index contributed by atoms with van der Waals surface area (Å²) in [5, 5.41) is 9.00. The van der Waals surface area contributed by atoms with Crippen LogP contribution in [0.15, 0.2) is 25.3 Å². The number of hydrogen-bond acceptors (Lipinski definition) is 1. The van der Waals surface area contributed by atoms with Gasteiger partial charge in [0.2, 0.25) is 0 Å². The minimum absolute atomic E-state index is 0.360. The van der Waals surface area contributed by atoms with E-state index in [0.717, 1.165) is 12.3 Å². The first kappa shape index (κ1) is 23.4. The smallest absolute Gasteiger partial charge is 0.0431 e. The Morgan fingerprint density at radius 3 is 1.33 bits per heavy atom. The van der Waals surface area contributed by atoms with E-state index in [2.05, 4.69) is 13.2 Å². The lowest BCUT2D eigenvalue weighted by atomic mass is 9.90. The average molecular weight is 337 g/mol. The molecule has 0 aromatic carbocycles. The van der Waals surface area contributed by atoms with Gasteiger partial charge in [-0.1, -0.05) is 89.2 Å². The van der Waals surface area contributed by atoms with Gasteiger partial charge in [0.15, 0.2) is 0 Å². The minimum Gasteiger partial charge on any atom is -0.396 e. The quantitative estimate of drug-likeness (QED) is 0.179. The first-order valence-electron chi connectivity index (χ1n) is 10.7. The Hall–Kier alpha value is -0.560. The van der Waals surface area contributed by atoms with Crippen molar-refractivity contribution in [2.45, 2.75) is 109 Å². The molecule has 1 nitrogen and oxygen atoms in total. The molecule has 0 saturated carbocycles. The summed E-state index contributed by atoms with van der Waals surface area (Å²) in [6.45, 7) is 7.94. The fourth-order valence-electron chi connectivity index (χ4n) is 3.48. The van der Waals surface area contributed by atoms with Gasteiger partial charge in [-0.15, -0.1) is 13.2 Å². The predicted molar refractivity (Wildman–Crippen MR) is 109 cm³/mol. The van der Waals surface area contributed by atoms with E-state index in [-0.39, 0.29) is 0 Å². The molecule has 0 aliphatic carbocycles. The summed E-state index contributed by atoms with van der Waals surface area (Å²) in [6.07, 6.45) is 26.5. The van der Waals surface area contributed by atoms with Crippen LogP contribution >= 0.6 is 0 Å².